The third-order valence-electron chi connectivity index (χ3n) is 1.90. The first-order valence-corrected chi connectivity index (χ1v) is 3.97. The van der Waals surface area contributed by atoms with Crippen molar-refractivity contribution in [3.05, 3.63) is 22.7 Å². The number of aromatic hydroxyl groups is 1. The molecule has 1 aliphatic rings. The topological polar surface area (TPSA) is 55.5 Å². The summed E-state index contributed by atoms with van der Waals surface area (Å²) in [5.74, 6) is 0.525. The van der Waals surface area contributed by atoms with Gasteiger partial charge in [-0.1, -0.05) is 11.6 Å². The van der Waals surface area contributed by atoms with Crippen LogP contribution in [0.1, 0.15) is 11.6 Å². The Morgan fingerprint density at radius 1 is 1.58 bits per heavy atom. The van der Waals surface area contributed by atoms with Gasteiger partial charge in [0.2, 0.25) is 0 Å². The minimum Gasteiger partial charge on any atom is -0.504 e. The third kappa shape index (κ3) is 0.940. The van der Waals surface area contributed by atoms with E-state index in [0.717, 1.165) is 0 Å². The molecule has 1 unspecified atom stereocenters. The van der Waals surface area contributed by atoms with Crippen molar-refractivity contribution in [2.24, 2.45) is 5.73 Å². The molecular formula is C8H8ClNO2. The number of rotatable bonds is 0. The largest absolute Gasteiger partial charge is 0.504 e. The Hall–Kier alpha value is -0.930. The molecule has 2 rings (SSSR count). The van der Waals surface area contributed by atoms with Crippen LogP contribution < -0.4 is 10.5 Å². The standard InChI is InChI=1S/C8H8ClNO2/c9-4-1-2-6(11)8-7(4)5(10)3-12-8/h1-2,5,11H,3,10H2. The second-order valence-electron chi connectivity index (χ2n) is 2.73. The fourth-order valence-corrected chi connectivity index (χ4v) is 1.61. The van der Waals surface area contributed by atoms with Crippen LogP contribution in [0.5, 0.6) is 11.5 Å². The molecule has 1 aromatic rings. The van der Waals surface area contributed by atoms with Crippen molar-refractivity contribution < 1.29 is 9.84 Å². The summed E-state index contributed by atoms with van der Waals surface area (Å²) in [5, 5.41) is 9.88. The Morgan fingerprint density at radius 3 is 3.00 bits per heavy atom. The zero-order valence-corrected chi connectivity index (χ0v) is 7.01. The molecule has 0 radical (unpaired) electrons. The molecule has 1 aliphatic heterocycles. The maximum Gasteiger partial charge on any atom is 0.167 e. The minimum absolute atomic E-state index is 0.0994. The fraction of sp³-hybridized carbons (Fsp3) is 0.250. The van der Waals surface area contributed by atoms with E-state index in [1.165, 1.54) is 6.07 Å². The maximum atomic E-state index is 9.33. The first-order chi connectivity index (χ1) is 5.70. The van der Waals surface area contributed by atoms with Crippen molar-refractivity contribution in [2.45, 2.75) is 6.04 Å². The van der Waals surface area contributed by atoms with Gasteiger partial charge in [-0.25, -0.2) is 0 Å². The smallest absolute Gasteiger partial charge is 0.167 e. The number of ether oxygens (including phenoxy) is 1. The quantitative estimate of drug-likeness (QED) is 0.643. The summed E-state index contributed by atoms with van der Waals surface area (Å²) in [6, 6.07) is 2.89. The van der Waals surface area contributed by atoms with Crippen molar-refractivity contribution in [3.63, 3.8) is 0 Å². The lowest BCUT2D eigenvalue weighted by Crippen LogP contribution is -2.11. The van der Waals surface area contributed by atoms with E-state index in [9.17, 15) is 5.11 Å². The Bertz CT molecular complexity index is 327. The summed E-state index contributed by atoms with van der Waals surface area (Å²) in [4.78, 5) is 0. The summed E-state index contributed by atoms with van der Waals surface area (Å²) < 4.78 is 5.16. The molecule has 4 heteroatoms. The van der Waals surface area contributed by atoms with Crippen LogP contribution in [0, 0.1) is 0 Å². The Balaban J connectivity index is 2.64. The van der Waals surface area contributed by atoms with E-state index in [1.807, 2.05) is 0 Å². The van der Waals surface area contributed by atoms with Gasteiger partial charge in [-0.3, -0.25) is 0 Å². The molecule has 0 fully saturated rings. The molecule has 0 amide bonds. The van der Waals surface area contributed by atoms with E-state index >= 15 is 0 Å². The number of benzene rings is 1. The third-order valence-corrected chi connectivity index (χ3v) is 2.23. The molecule has 0 bridgehead atoms. The van der Waals surface area contributed by atoms with Crippen LogP contribution in [0.2, 0.25) is 5.02 Å². The zero-order chi connectivity index (χ0) is 8.72. The predicted octanol–water partition coefficient (Wildman–Crippen LogP) is 1.44. The second-order valence-corrected chi connectivity index (χ2v) is 3.13. The van der Waals surface area contributed by atoms with Crippen LogP contribution in [0.4, 0.5) is 0 Å². The average molecular weight is 186 g/mol. The molecule has 64 valence electrons. The van der Waals surface area contributed by atoms with E-state index in [4.69, 9.17) is 22.1 Å². The summed E-state index contributed by atoms with van der Waals surface area (Å²) in [6.07, 6.45) is 0. The molecule has 0 aliphatic carbocycles. The van der Waals surface area contributed by atoms with Crippen molar-refractivity contribution in [1.29, 1.82) is 0 Å². The van der Waals surface area contributed by atoms with Gasteiger partial charge in [0.05, 0.1) is 6.04 Å². The van der Waals surface area contributed by atoms with Crippen LogP contribution in [-0.4, -0.2) is 11.7 Å². The van der Waals surface area contributed by atoms with Gasteiger partial charge in [-0.05, 0) is 12.1 Å². The highest BCUT2D eigenvalue weighted by molar-refractivity contribution is 6.31. The van der Waals surface area contributed by atoms with E-state index in [2.05, 4.69) is 0 Å². The van der Waals surface area contributed by atoms with E-state index in [-0.39, 0.29) is 11.8 Å². The molecule has 0 saturated heterocycles. The lowest BCUT2D eigenvalue weighted by Gasteiger charge is -2.04. The molecule has 0 saturated carbocycles. The Kier molecular flexibility index (Phi) is 1.63. The molecule has 3 N–H and O–H groups in total. The normalized spacial score (nSPS) is 20.3. The zero-order valence-electron chi connectivity index (χ0n) is 6.25. The predicted molar refractivity (Wildman–Crippen MR) is 45.5 cm³/mol. The van der Waals surface area contributed by atoms with Crippen molar-refractivity contribution in [3.8, 4) is 11.5 Å². The molecule has 0 spiro atoms. The highest BCUT2D eigenvalue weighted by Crippen LogP contribution is 2.42. The molecule has 12 heavy (non-hydrogen) atoms. The first kappa shape index (κ1) is 7.71. The number of hydrogen-bond acceptors (Lipinski definition) is 3. The fourth-order valence-electron chi connectivity index (χ4n) is 1.32. The number of phenols is 1. The van der Waals surface area contributed by atoms with Gasteiger partial charge in [0.15, 0.2) is 11.5 Å². The number of hydrogen-bond donors (Lipinski definition) is 2. The van der Waals surface area contributed by atoms with Crippen molar-refractivity contribution in [2.75, 3.05) is 6.61 Å². The van der Waals surface area contributed by atoms with Gasteiger partial charge < -0.3 is 15.6 Å². The van der Waals surface area contributed by atoms with Crippen LogP contribution in [0.15, 0.2) is 12.1 Å². The first-order valence-electron chi connectivity index (χ1n) is 3.60. The van der Waals surface area contributed by atoms with Gasteiger partial charge in [0.1, 0.15) is 6.61 Å². The molecule has 3 nitrogen and oxygen atoms in total. The monoisotopic (exact) mass is 185 g/mol. The molecular weight excluding hydrogens is 178 g/mol. The van der Waals surface area contributed by atoms with Crippen LogP contribution in [0.25, 0.3) is 0 Å². The van der Waals surface area contributed by atoms with Crippen LogP contribution in [0.3, 0.4) is 0 Å². The molecule has 0 aromatic heterocycles. The number of halogens is 1. The summed E-state index contributed by atoms with van der Waals surface area (Å²) in [5.41, 5.74) is 6.40. The van der Waals surface area contributed by atoms with Gasteiger partial charge in [-0.15, -0.1) is 0 Å². The Labute approximate surface area is 74.7 Å². The number of fused-ring (bicyclic) bond motifs is 1. The molecule has 1 atom stereocenters. The molecule has 1 heterocycles. The lowest BCUT2D eigenvalue weighted by atomic mass is 10.1. The highest BCUT2D eigenvalue weighted by atomic mass is 35.5. The van der Waals surface area contributed by atoms with Gasteiger partial charge in [0.25, 0.3) is 0 Å². The lowest BCUT2D eigenvalue weighted by molar-refractivity contribution is 0.317. The highest BCUT2D eigenvalue weighted by Gasteiger charge is 2.26. The van der Waals surface area contributed by atoms with Crippen LogP contribution in [-0.2, 0) is 0 Å². The molecule has 1 aromatic carbocycles. The maximum absolute atomic E-state index is 9.33. The summed E-state index contributed by atoms with van der Waals surface area (Å²) >= 11 is 5.87. The van der Waals surface area contributed by atoms with Crippen molar-refractivity contribution in [1.82, 2.24) is 0 Å². The Morgan fingerprint density at radius 2 is 2.33 bits per heavy atom. The number of nitrogens with two attached hydrogens (primary N) is 1. The number of phenolic OH excluding ortho intramolecular Hbond substituents is 1. The van der Waals surface area contributed by atoms with Gasteiger partial charge in [0, 0.05) is 10.6 Å². The van der Waals surface area contributed by atoms with Gasteiger partial charge >= 0.3 is 0 Å². The van der Waals surface area contributed by atoms with E-state index in [1.54, 1.807) is 6.07 Å². The summed E-state index contributed by atoms with van der Waals surface area (Å²) in [7, 11) is 0. The SMILES string of the molecule is NC1COc2c(O)ccc(Cl)c21. The van der Waals surface area contributed by atoms with Crippen molar-refractivity contribution >= 4 is 11.6 Å². The van der Waals surface area contributed by atoms with Gasteiger partial charge in [-0.2, -0.15) is 0 Å². The minimum atomic E-state index is -0.223. The average Bonchev–Trinajstić information content (AvgIpc) is 2.42. The van der Waals surface area contributed by atoms with E-state index in [0.29, 0.717) is 22.9 Å². The summed E-state index contributed by atoms with van der Waals surface area (Å²) in [6.45, 7) is 0.382. The van der Waals surface area contributed by atoms with Crippen LogP contribution >= 0.6 is 11.6 Å². The van der Waals surface area contributed by atoms with E-state index < -0.39 is 0 Å². The second kappa shape index (κ2) is 2.54.